The fraction of sp³-hybridized carbons (Fsp3) is 0.357. The topological polar surface area (TPSA) is 77.2 Å². The van der Waals surface area contributed by atoms with Gasteiger partial charge in [-0.05, 0) is 25.0 Å². The number of hydrogen-bond donors (Lipinski definition) is 1. The molecule has 1 aromatic heterocycles. The van der Waals surface area contributed by atoms with Crippen LogP contribution >= 0.6 is 0 Å². The number of nitrogens with one attached hydrogen (secondary N) is 1. The van der Waals surface area contributed by atoms with Crippen LogP contribution in [0, 0.1) is 0 Å². The lowest BCUT2D eigenvalue weighted by molar-refractivity contribution is -0.121. The van der Waals surface area contributed by atoms with Crippen molar-refractivity contribution in [1.29, 1.82) is 0 Å². The van der Waals surface area contributed by atoms with E-state index in [-0.39, 0.29) is 11.9 Å². The minimum absolute atomic E-state index is 0.0618. The summed E-state index contributed by atoms with van der Waals surface area (Å²) < 4.78 is 9.90. The molecule has 0 aliphatic carbocycles. The molecule has 0 fully saturated rings. The van der Waals surface area contributed by atoms with Crippen LogP contribution < -0.4 is 10.1 Å². The van der Waals surface area contributed by atoms with Crippen molar-refractivity contribution in [2.24, 2.45) is 0 Å². The van der Waals surface area contributed by atoms with Crippen LogP contribution in [-0.2, 0) is 11.2 Å². The van der Waals surface area contributed by atoms with Gasteiger partial charge in [-0.25, -0.2) is 0 Å². The molecule has 0 spiro atoms. The zero-order chi connectivity index (χ0) is 14.4. The van der Waals surface area contributed by atoms with Gasteiger partial charge in [0.15, 0.2) is 5.82 Å². The SMILES string of the molecule is COc1ccccc1CCC(=O)N[C@@H](C)c1ncon1. The summed E-state index contributed by atoms with van der Waals surface area (Å²) in [5.74, 6) is 1.20. The Morgan fingerprint density at radius 1 is 1.45 bits per heavy atom. The monoisotopic (exact) mass is 275 g/mol. The van der Waals surface area contributed by atoms with Gasteiger partial charge in [-0.1, -0.05) is 23.4 Å². The first kappa shape index (κ1) is 14.0. The van der Waals surface area contributed by atoms with Gasteiger partial charge in [-0.15, -0.1) is 0 Å². The first-order chi connectivity index (χ1) is 9.70. The summed E-state index contributed by atoms with van der Waals surface area (Å²) in [5.41, 5.74) is 1.01. The van der Waals surface area contributed by atoms with Gasteiger partial charge < -0.3 is 14.6 Å². The number of methoxy groups -OCH3 is 1. The molecule has 0 radical (unpaired) electrons. The van der Waals surface area contributed by atoms with Gasteiger partial charge in [0.05, 0.1) is 13.2 Å². The van der Waals surface area contributed by atoms with Crippen molar-refractivity contribution in [2.75, 3.05) is 7.11 Å². The number of benzene rings is 1. The highest BCUT2D eigenvalue weighted by atomic mass is 16.5. The summed E-state index contributed by atoms with van der Waals surface area (Å²) in [5, 5.41) is 6.52. The van der Waals surface area contributed by atoms with Gasteiger partial charge in [-0.3, -0.25) is 4.79 Å². The molecule has 1 heterocycles. The van der Waals surface area contributed by atoms with E-state index in [9.17, 15) is 4.79 Å². The lowest BCUT2D eigenvalue weighted by Gasteiger charge is -2.11. The Balaban J connectivity index is 1.86. The maximum absolute atomic E-state index is 11.9. The third-order valence-electron chi connectivity index (χ3n) is 2.96. The summed E-state index contributed by atoms with van der Waals surface area (Å²) >= 11 is 0. The van der Waals surface area contributed by atoms with Gasteiger partial charge in [-0.2, -0.15) is 4.98 Å². The molecule has 106 valence electrons. The van der Waals surface area contributed by atoms with Crippen LogP contribution in [0.5, 0.6) is 5.75 Å². The summed E-state index contributed by atoms with van der Waals surface area (Å²) in [6, 6.07) is 7.40. The van der Waals surface area contributed by atoms with E-state index in [0.29, 0.717) is 18.7 Å². The Labute approximate surface area is 117 Å². The molecule has 0 bridgehead atoms. The molecular weight excluding hydrogens is 258 g/mol. The van der Waals surface area contributed by atoms with Gasteiger partial charge in [0.1, 0.15) is 5.75 Å². The van der Waals surface area contributed by atoms with Crippen molar-refractivity contribution >= 4 is 5.91 Å². The molecule has 1 N–H and O–H groups in total. The molecule has 2 aromatic rings. The van der Waals surface area contributed by atoms with Gasteiger partial charge in [0, 0.05) is 6.42 Å². The molecule has 6 nitrogen and oxygen atoms in total. The molecule has 20 heavy (non-hydrogen) atoms. The molecule has 1 aromatic carbocycles. The van der Waals surface area contributed by atoms with E-state index in [1.165, 1.54) is 6.39 Å². The fourth-order valence-electron chi connectivity index (χ4n) is 1.91. The number of para-hydroxylation sites is 1. The van der Waals surface area contributed by atoms with E-state index < -0.39 is 0 Å². The minimum Gasteiger partial charge on any atom is -0.496 e. The van der Waals surface area contributed by atoms with Crippen LogP contribution in [0.1, 0.15) is 30.8 Å². The highest BCUT2D eigenvalue weighted by Gasteiger charge is 2.13. The Hall–Kier alpha value is -2.37. The molecule has 0 aliphatic heterocycles. The number of aryl methyl sites for hydroxylation is 1. The average molecular weight is 275 g/mol. The Kier molecular flexibility index (Phi) is 4.70. The maximum atomic E-state index is 11.9. The van der Waals surface area contributed by atoms with E-state index >= 15 is 0 Å². The second-order valence-electron chi connectivity index (χ2n) is 4.39. The predicted molar refractivity (Wildman–Crippen MR) is 72.2 cm³/mol. The van der Waals surface area contributed by atoms with Crippen LogP contribution in [0.2, 0.25) is 0 Å². The lowest BCUT2D eigenvalue weighted by Crippen LogP contribution is -2.27. The molecule has 2 rings (SSSR count). The number of carbonyl (C=O) groups is 1. The number of hydrogen-bond acceptors (Lipinski definition) is 5. The van der Waals surface area contributed by atoms with Crippen LogP contribution in [0.15, 0.2) is 35.2 Å². The van der Waals surface area contributed by atoms with Crippen molar-refractivity contribution in [2.45, 2.75) is 25.8 Å². The maximum Gasteiger partial charge on any atom is 0.220 e. The minimum atomic E-state index is -0.265. The van der Waals surface area contributed by atoms with Crippen LogP contribution in [0.4, 0.5) is 0 Å². The zero-order valence-electron chi connectivity index (χ0n) is 11.5. The number of amides is 1. The zero-order valence-corrected chi connectivity index (χ0v) is 11.5. The fourth-order valence-corrected chi connectivity index (χ4v) is 1.91. The van der Waals surface area contributed by atoms with E-state index in [2.05, 4.69) is 20.0 Å². The lowest BCUT2D eigenvalue weighted by atomic mass is 10.1. The molecule has 0 aliphatic rings. The number of aromatic nitrogens is 2. The summed E-state index contributed by atoms with van der Waals surface area (Å²) in [6.07, 6.45) is 2.24. The summed E-state index contributed by atoms with van der Waals surface area (Å²) in [4.78, 5) is 15.8. The largest absolute Gasteiger partial charge is 0.496 e. The first-order valence-electron chi connectivity index (χ1n) is 6.38. The number of carbonyl (C=O) groups excluding carboxylic acids is 1. The van der Waals surface area contributed by atoms with Gasteiger partial charge >= 0.3 is 0 Å². The Bertz CT molecular complexity index is 555. The molecular formula is C14H17N3O3. The van der Waals surface area contributed by atoms with E-state index in [1.54, 1.807) is 7.11 Å². The third kappa shape index (κ3) is 3.57. The van der Waals surface area contributed by atoms with Gasteiger partial charge in [0.2, 0.25) is 12.3 Å². The van der Waals surface area contributed by atoms with Crippen molar-refractivity contribution in [3.8, 4) is 5.75 Å². The normalized spacial score (nSPS) is 11.9. The first-order valence-corrected chi connectivity index (χ1v) is 6.38. The predicted octanol–water partition coefficient (Wildman–Crippen LogP) is 1.89. The van der Waals surface area contributed by atoms with Crippen LogP contribution in [0.25, 0.3) is 0 Å². The Morgan fingerprint density at radius 2 is 2.25 bits per heavy atom. The molecule has 6 heteroatoms. The molecule has 0 saturated heterocycles. The van der Waals surface area contributed by atoms with Gasteiger partial charge in [0.25, 0.3) is 0 Å². The number of rotatable bonds is 6. The van der Waals surface area contributed by atoms with Crippen molar-refractivity contribution in [3.63, 3.8) is 0 Å². The van der Waals surface area contributed by atoms with Crippen LogP contribution in [0.3, 0.4) is 0 Å². The quantitative estimate of drug-likeness (QED) is 0.871. The highest BCUT2D eigenvalue weighted by Crippen LogP contribution is 2.18. The van der Waals surface area contributed by atoms with E-state index in [1.807, 2.05) is 31.2 Å². The molecule has 0 unspecified atom stereocenters. The van der Waals surface area contributed by atoms with Crippen molar-refractivity contribution in [3.05, 3.63) is 42.0 Å². The number of nitrogens with zero attached hydrogens (tertiary/aromatic N) is 2. The molecule has 1 amide bonds. The second kappa shape index (κ2) is 6.70. The van der Waals surface area contributed by atoms with Crippen LogP contribution in [-0.4, -0.2) is 23.2 Å². The number of ether oxygens (including phenoxy) is 1. The Morgan fingerprint density at radius 3 is 2.95 bits per heavy atom. The van der Waals surface area contributed by atoms with Crippen molar-refractivity contribution in [1.82, 2.24) is 15.5 Å². The summed E-state index contributed by atoms with van der Waals surface area (Å²) in [6.45, 7) is 1.81. The van der Waals surface area contributed by atoms with E-state index in [4.69, 9.17) is 4.74 Å². The third-order valence-corrected chi connectivity index (χ3v) is 2.96. The molecule has 1 atom stereocenters. The second-order valence-corrected chi connectivity index (χ2v) is 4.39. The summed E-state index contributed by atoms with van der Waals surface area (Å²) in [7, 11) is 1.62. The highest BCUT2D eigenvalue weighted by molar-refractivity contribution is 5.76. The molecule has 0 saturated carbocycles. The standard InChI is InChI=1S/C14H17N3O3/c1-10(14-15-9-20-17-14)16-13(18)8-7-11-5-3-4-6-12(11)19-2/h3-6,9-10H,7-8H2,1-2H3,(H,16,18)/t10-/m0/s1. The smallest absolute Gasteiger partial charge is 0.220 e. The van der Waals surface area contributed by atoms with E-state index in [0.717, 1.165) is 11.3 Å². The van der Waals surface area contributed by atoms with Crippen molar-refractivity contribution < 1.29 is 14.1 Å². The average Bonchev–Trinajstić information content (AvgIpc) is 2.99.